The first kappa shape index (κ1) is 7.98. The minimum Gasteiger partial charge on any atom is -0.494 e. The average Bonchev–Trinajstić information content (AvgIpc) is 2.18. The molecule has 0 atom stereocenters. The number of benzene rings is 1. The van der Waals surface area contributed by atoms with Gasteiger partial charge in [0.05, 0.1) is 12.1 Å². The van der Waals surface area contributed by atoms with E-state index in [1.54, 1.807) is 6.20 Å². The van der Waals surface area contributed by atoms with Crippen LogP contribution in [-0.4, -0.2) is 16.6 Å². The van der Waals surface area contributed by atoms with E-state index in [1.165, 1.54) is 6.33 Å². The molecule has 13 heavy (non-hydrogen) atoms. The third-order valence-corrected chi connectivity index (χ3v) is 1.79. The zero-order valence-corrected chi connectivity index (χ0v) is 7.40. The summed E-state index contributed by atoms with van der Waals surface area (Å²) in [5.74, 6) is 0.855. The van der Waals surface area contributed by atoms with Crippen molar-refractivity contribution in [2.75, 3.05) is 6.61 Å². The molecular weight excluding hydrogens is 164 g/mol. The van der Waals surface area contributed by atoms with Crippen LogP contribution in [0.5, 0.6) is 5.75 Å². The normalized spacial score (nSPS) is 10.2. The van der Waals surface area contributed by atoms with E-state index >= 15 is 0 Å². The topological polar surface area (TPSA) is 35.0 Å². The largest absolute Gasteiger partial charge is 0.494 e. The third kappa shape index (κ3) is 1.59. The number of ether oxygens (including phenoxy) is 1. The second-order valence-corrected chi connectivity index (χ2v) is 2.68. The summed E-state index contributed by atoms with van der Waals surface area (Å²) in [5, 5.41) is 1.03. The Morgan fingerprint density at radius 2 is 2.31 bits per heavy atom. The van der Waals surface area contributed by atoms with E-state index < -0.39 is 0 Å². The lowest BCUT2D eigenvalue weighted by atomic mass is 10.2. The average molecular weight is 174 g/mol. The van der Waals surface area contributed by atoms with Crippen LogP contribution in [0.15, 0.2) is 30.7 Å². The van der Waals surface area contributed by atoms with Crippen LogP contribution in [0.2, 0.25) is 0 Å². The second-order valence-electron chi connectivity index (χ2n) is 2.68. The van der Waals surface area contributed by atoms with Gasteiger partial charge in [-0.2, -0.15) is 0 Å². The molecule has 2 rings (SSSR count). The molecule has 0 aliphatic heterocycles. The van der Waals surface area contributed by atoms with Gasteiger partial charge in [-0.1, -0.05) is 0 Å². The van der Waals surface area contributed by atoms with Gasteiger partial charge in [0.15, 0.2) is 0 Å². The van der Waals surface area contributed by atoms with Gasteiger partial charge < -0.3 is 4.74 Å². The van der Waals surface area contributed by atoms with Crippen molar-refractivity contribution in [1.29, 1.82) is 0 Å². The number of nitrogens with zero attached hydrogens (tertiary/aromatic N) is 2. The Kier molecular flexibility index (Phi) is 2.08. The Balaban J connectivity index is 2.49. The standard InChI is InChI=1S/C10H10N2O/c1-2-13-9-4-3-8-6-11-7-12-10(8)5-9/h3-7H,2H2,1H3. The van der Waals surface area contributed by atoms with Gasteiger partial charge in [0.25, 0.3) is 0 Å². The van der Waals surface area contributed by atoms with Crippen LogP contribution in [0.3, 0.4) is 0 Å². The van der Waals surface area contributed by atoms with E-state index in [4.69, 9.17) is 4.74 Å². The Labute approximate surface area is 76.4 Å². The molecule has 0 radical (unpaired) electrons. The molecule has 0 unspecified atom stereocenters. The van der Waals surface area contributed by atoms with Gasteiger partial charge in [0.2, 0.25) is 0 Å². The quantitative estimate of drug-likeness (QED) is 0.698. The lowest BCUT2D eigenvalue weighted by Crippen LogP contribution is -1.91. The Morgan fingerprint density at radius 1 is 1.38 bits per heavy atom. The Morgan fingerprint density at radius 3 is 3.15 bits per heavy atom. The summed E-state index contributed by atoms with van der Waals surface area (Å²) < 4.78 is 5.35. The lowest BCUT2D eigenvalue weighted by Gasteiger charge is -2.02. The first-order chi connectivity index (χ1) is 6.40. The van der Waals surface area contributed by atoms with Gasteiger partial charge >= 0.3 is 0 Å². The minimum atomic E-state index is 0.677. The van der Waals surface area contributed by atoms with Crippen LogP contribution in [0.4, 0.5) is 0 Å². The van der Waals surface area contributed by atoms with Crippen molar-refractivity contribution in [2.24, 2.45) is 0 Å². The van der Waals surface area contributed by atoms with Crippen molar-refractivity contribution in [3.63, 3.8) is 0 Å². The molecule has 3 heteroatoms. The summed E-state index contributed by atoms with van der Waals surface area (Å²) >= 11 is 0. The zero-order valence-electron chi connectivity index (χ0n) is 7.40. The van der Waals surface area contributed by atoms with Crippen LogP contribution >= 0.6 is 0 Å². The second kappa shape index (κ2) is 3.39. The van der Waals surface area contributed by atoms with E-state index in [-0.39, 0.29) is 0 Å². The Hall–Kier alpha value is -1.64. The van der Waals surface area contributed by atoms with Gasteiger partial charge in [0.1, 0.15) is 12.1 Å². The predicted octanol–water partition coefficient (Wildman–Crippen LogP) is 2.03. The number of hydrogen-bond donors (Lipinski definition) is 0. The van der Waals surface area contributed by atoms with E-state index in [1.807, 2.05) is 25.1 Å². The minimum absolute atomic E-state index is 0.677. The molecule has 0 N–H and O–H groups in total. The van der Waals surface area contributed by atoms with Crippen LogP contribution in [0.1, 0.15) is 6.92 Å². The maximum Gasteiger partial charge on any atom is 0.121 e. The molecule has 66 valence electrons. The molecule has 0 fully saturated rings. The van der Waals surface area contributed by atoms with E-state index in [0.717, 1.165) is 16.7 Å². The first-order valence-corrected chi connectivity index (χ1v) is 4.22. The monoisotopic (exact) mass is 174 g/mol. The maximum absolute atomic E-state index is 5.35. The van der Waals surface area contributed by atoms with Crippen LogP contribution < -0.4 is 4.74 Å². The van der Waals surface area contributed by atoms with Gasteiger partial charge in [0, 0.05) is 17.6 Å². The number of rotatable bonds is 2. The fourth-order valence-electron chi connectivity index (χ4n) is 1.21. The summed E-state index contributed by atoms with van der Waals surface area (Å²) in [6.07, 6.45) is 3.33. The molecule has 1 aromatic heterocycles. The highest BCUT2D eigenvalue weighted by Crippen LogP contribution is 2.17. The summed E-state index contributed by atoms with van der Waals surface area (Å²) in [6.45, 7) is 2.64. The molecule has 2 aromatic rings. The van der Waals surface area contributed by atoms with Gasteiger partial charge in [-0.05, 0) is 19.1 Å². The van der Waals surface area contributed by atoms with Gasteiger partial charge in [-0.15, -0.1) is 0 Å². The molecule has 0 saturated carbocycles. The number of hydrogen-bond acceptors (Lipinski definition) is 3. The van der Waals surface area contributed by atoms with Gasteiger partial charge in [-0.3, -0.25) is 0 Å². The van der Waals surface area contributed by atoms with E-state index in [0.29, 0.717) is 6.61 Å². The van der Waals surface area contributed by atoms with Crippen molar-refractivity contribution < 1.29 is 4.74 Å². The van der Waals surface area contributed by atoms with Crippen molar-refractivity contribution in [1.82, 2.24) is 9.97 Å². The van der Waals surface area contributed by atoms with Crippen LogP contribution in [0, 0.1) is 0 Å². The molecular formula is C10H10N2O. The van der Waals surface area contributed by atoms with Gasteiger partial charge in [-0.25, -0.2) is 9.97 Å². The summed E-state index contributed by atoms with van der Waals surface area (Å²) in [6, 6.07) is 5.80. The van der Waals surface area contributed by atoms with Crippen molar-refractivity contribution in [3.8, 4) is 5.75 Å². The molecule has 3 nitrogen and oxygen atoms in total. The van der Waals surface area contributed by atoms with Crippen molar-refractivity contribution in [3.05, 3.63) is 30.7 Å². The molecule has 1 heterocycles. The molecule has 0 bridgehead atoms. The molecule has 0 aliphatic rings. The summed E-state index contributed by atoms with van der Waals surface area (Å²) in [5.41, 5.74) is 0.918. The smallest absolute Gasteiger partial charge is 0.121 e. The molecule has 0 saturated heterocycles. The van der Waals surface area contributed by atoms with Crippen molar-refractivity contribution >= 4 is 10.9 Å². The predicted molar refractivity (Wildman–Crippen MR) is 50.7 cm³/mol. The van der Waals surface area contributed by atoms with E-state index in [9.17, 15) is 0 Å². The maximum atomic E-state index is 5.35. The first-order valence-electron chi connectivity index (χ1n) is 4.22. The molecule has 0 aliphatic carbocycles. The SMILES string of the molecule is CCOc1ccc2cncnc2c1. The molecule has 1 aromatic carbocycles. The van der Waals surface area contributed by atoms with E-state index in [2.05, 4.69) is 9.97 Å². The van der Waals surface area contributed by atoms with Crippen molar-refractivity contribution in [2.45, 2.75) is 6.92 Å². The molecule has 0 spiro atoms. The number of fused-ring (bicyclic) bond motifs is 1. The number of aromatic nitrogens is 2. The highest BCUT2D eigenvalue weighted by molar-refractivity contribution is 5.78. The zero-order chi connectivity index (χ0) is 9.10. The highest BCUT2D eigenvalue weighted by Gasteiger charge is 1.96. The lowest BCUT2D eigenvalue weighted by molar-refractivity contribution is 0.340. The fourth-order valence-corrected chi connectivity index (χ4v) is 1.21. The highest BCUT2D eigenvalue weighted by atomic mass is 16.5. The Bertz CT molecular complexity index is 414. The summed E-state index contributed by atoms with van der Waals surface area (Å²) in [4.78, 5) is 8.07. The third-order valence-electron chi connectivity index (χ3n) is 1.79. The van der Waals surface area contributed by atoms with Crippen LogP contribution in [0.25, 0.3) is 10.9 Å². The summed E-state index contributed by atoms with van der Waals surface area (Å²) in [7, 11) is 0. The molecule has 0 amide bonds. The van der Waals surface area contributed by atoms with Crippen LogP contribution in [-0.2, 0) is 0 Å². The fraction of sp³-hybridized carbons (Fsp3) is 0.200.